The zero-order chi connectivity index (χ0) is 27.9. The van der Waals surface area contributed by atoms with Crippen LogP contribution >= 0.6 is 0 Å². The van der Waals surface area contributed by atoms with E-state index < -0.39 is 41.2 Å². The highest BCUT2D eigenvalue weighted by molar-refractivity contribution is 6.99. The predicted molar refractivity (Wildman–Crippen MR) is 170 cm³/mol. The number of anilines is 2. The smallest absolute Gasteiger partial charge is 0.228 e. The maximum atomic E-state index is 5.18. The average molecular weight is 583 g/mol. The second-order valence-corrected chi connectivity index (χ2v) is 39.9. The van der Waals surface area contributed by atoms with E-state index in [2.05, 4.69) is 121 Å². The standard InChI is InChI=1S/C23H54N8Si5/c1-32(2,3)29-23(31(35(10,11)12)36(13,14)15)25-21(28-29)19-17-16-18-20-24-22(27-26-20)30(33(4,5)6)34(7,8)9/h16-19H2,1-15H3,(H,24,26,27). The van der Waals surface area contributed by atoms with Crippen molar-refractivity contribution < 1.29 is 0 Å². The van der Waals surface area contributed by atoms with Crippen LogP contribution in [0.4, 0.5) is 11.9 Å². The summed E-state index contributed by atoms with van der Waals surface area (Å²) in [5.41, 5.74) is 0. The van der Waals surface area contributed by atoms with Crippen molar-refractivity contribution in [3.63, 3.8) is 0 Å². The lowest BCUT2D eigenvalue weighted by Gasteiger charge is -2.45. The first-order chi connectivity index (χ1) is 16.0. The molecule has 2 aromatic rings. The molecule has 0 saturated carbocycles. The van der Waals surface area contributed by atoms with Crippen LogP contribution < -0.4 is 8.46 Å². The third-order valence-corrected chi connectivity index (χ3v) is 21.7. The predicted octanol–water partition coefficient (Wildman–Crippen LogP) is 6.60. The minimum atomic E-state index is -1.69. The van der Waals surface area contributed by atoms with E-state index in [4.69, 9.17) is 15.1 Å². The molecule has 0 aromatic carbocycles. The fourth-order valence-electron chi connectivity index (χ4n) is 5.33. The van der Waals surface area contributed by atoms with Gasteiger partial charge in [0.05, 0.1) is 0 Å². The Balaban J connectivity index is 2.15. The van der Waals surface area contributed by atoms with Crippen LogP contribution in [0.5, 0.6) is 0 Å². The lowest BCUT2D eigenvalue weighted by atomic mass is 10.2. The van der Waals surface area contributed by atoms with E-state index in [-0.39, 0.29) is 0 Å². The Labute approximate surface area is 226 Å². The van der Waals surface area contributed by atoms with Crippen LogP contribution in [0, 0.1) is 0 Å². The number of hydrogen-bond acceptors (Lipinski definition) is 6. The summed E-state index contributed by atoms with van der Waals surface area (Å²) in [5.74, 6) is 4.04. The zero-order valence-corrected chi connectivity index (χ0v) is 31.0. The Bertz CT molecular complexity index is 972. The highest BCUT2D eigenvalue weighted by Gasteiger charge is 2.40. The van der Waals surface area contributed by atoms with Gasteiger partial charge < -0.3 is 8.46 Å². The molecule has 0 amide bonds. The molecular formula is C23H54N8Si5. The lowest BCUT2D eigenvalue weighted by molar-refractivity contribution is 0.687. The summed E-state index contributed by atoms with van der Waals surface area (Å²) in [6, 6.07) is 0. The van der Waals surface area contributed by atoms with Crippen LogP contribution in [-0.2, 0) is 12.8 Å². The minimum absolute atomic E-state index is 0.904. The number of hydrogen-bond donors (Lipinski definition) is 1. The van der Waals surface area contributed by atoms with Crippen molar-refractivity contribution in [1.82, 2.24) is 29.6 Å². The molecule has 8 nitrogen and oxygen atoms in total. The molecule has 0 bridgehead atoms. The molecule has 13 heteroatoms. The van der Waals surface area contributed by atoms with Crippen LogP contribution in [0.1, 0.15) is 24.5 Å². The highest BCUT2D eigenvalue weighted by Crippen LogP contribution is 2.29. The Kier molecular flexibility index (Phi) is 9.20. The normalized spacial score (nSPS) is 13.9. The summed E-state index contributed by atoms with van der Waals surface area (Å²) in [6.07, 6.45) is 3.93. The first kappa shape index (κ1) is 31.2. The van der Waals surface area contributed by atoms with E-state index >= 15 is 0 Å². The summed E-state index contributed by atoms with van der Waals surface area (Å²) in [4.78, 5) is 10.1. The Morgan fingerprint density at radius 3 is 1.56 bits per heavy atom. The van der Waals surface area contributed by atoms with Gasteiger partial charge in [-0.05, 0) is 32.5 Å². The van der Waals surface area contributed by atoms with Gasteiger partial charge in [0.25, 0.3) is 0 Å². The molecule has 206 valence electrons. The van der Waals surface area contributed by atoms with E-state index in [0.717, 1.165) is 49.2 Å². The van der Waals surface area contributed by atoms with Crippen LogP contribution in [0.3, 0.4) is 0 Å². The summed E-state index contributed by atoms with van der Waals surface area (Å²) >= 11 is 0. The summed E-state index contributed by atoms with van der Waals surface area (Å²) in [6.45, 7) is 36.0. The van der Waals surface area contributed by atoms with Crippen molar-refractivity contribution in [3.8, 4) is 0 Å². The molecule has 2 aromatic heterocycles. The minimum Gasteiger partial charge on any atom is -0.395 e. The van der Waals surface area contributed by atoms with E-state index in [1.165, 1.54) is 0 Å². The van der Waals surface area contributed by atoms with E-state index in [1.807, 2.05) is 0 Å². The van der Waals surface area contributed by atoms with Crippen LogP contribution in [0.2, 0.25) is 98.2 Å². The number of unbranched alkanes of at least 4 members (excludes halogenated alkanes) is 1. The molecule has 0 aliphatic heterocycles. The molecule has 0 fully saturated rings. The largest absolute Gasteiger partial charge is 0.395 e. The number of nitrogens with zero attached hydrogens (tertiary/aromatic N) is 7. The van der Waals surface area contributed by atoms with E-state index in [1.54, 1.807) is 0 Å². The van der Waals surface area contributed by atoms with Gasteiger partial charge in [-0.25, -0.2) is 0 Å². The number of H-pyrrole nitrogens is 1. The molecule has 0 aliphatic rings. The van der Waals surface area contributed by atoms with Gasteiger partial charge in [0, 0.05) is 12.8 Å². The third-order valence-electron chi connectivity index (χ3n) is 5.94. The summed E-state index contributed by atoms with van der Waals surface area (Å²) in [7, 11) is -7.99. The first-order valence-corrected chi connectivity index (χ1v) is 30.7. The summed E-state index contributed by atoms with van der Waals surface area (Å²) < 4.78 is 7.60. The zero-order valence-electron chi connectivity index (χ0n) is 26.0. The monoisotopic (exact) mass is 582 g/mol. The number of rotatable bonds is 12. The van der Waals surface area contributed by atoms with Crippen molar-refractivity contribution in [2.45, 2.75) is 124 Å². The fraction of sp³-hybridized carbons (Fsp3) is 0.826. The maximum Gasteiger partial charge on any atom is 0.228 e. The fourth-order valence-corrected chi connectivity index (χ4v) is 25.7. The molecule has 1 N–H and O–H groups in total. The van der Waals surface area contributed by atoms with Gasteiger partial charge in [-0.3, -0.25) is 9.45 Å². The van der Waals surface area contributed by atoms with Crippen molar-refractivity contribution >= 4 is 53.1 Å². The molecule has 0 saturated heterocycles. The molecule has 0 spiro atoms. The van der Waals surface area contributed by atoms with Gasteiger partial charge in [-0.15, -0.1) is 5.10 Å². The van der Waals surface area contributed by atoms with E-state index in [0.29, 0.717) is 0 Å². The second kappa shape index (κ2) is 10.6. The van der Waals surface area contributed by atoms with Crippen LogP contribution in [0.15, 0.2) is 0 Å². The van der Waals surface area contributed by atoms with Gasteiger partial charge in [-0.1, -0.05) is 78.6 Å². The highest BCUT2D eigenvalue weighted by atomic mass is 28.4. The molecule has 36 heavy (non-hydrogen) atoms. The lowest BCUT2D eigenvalue weighted by Crippen LogP contribution is -2.61. The van der Waals surface area contributed by atoms with Gasteiger partial charge in [0.1, 0.15) is 38.8 Å². The summed E-state index contributed by atoms with van der Waals surface area (Å²) in [5, 5.41) is 12.9. The third kappa shape index (κ3) is 7.98. The van der Waals surface area contributed by atoms with Gasteiger partial charge in [0.2, 0.25) is 5.95 Å². The van der Waals surface area contributed by atoms with Crippen LogP contribution in [-0.4, -0.2) is 70.8 Å². The molecule has 0 unspecified atom stereocenters. The SMILES string of the molecule is C[Si](C)(C)N(c1n[nH]c(CCCCc2nc(N([Si](C)(C)C)[Si](C)(C)C)n([Si](C)(C)C)n2)n1)[Si](C)(C)C. The average Bonchev–Trinajstić information content (AvgIpc) is 3.20. The van der Waals surface area contributed by atoms with Crippen molar-refractivity contribution in [2.75, 3.05) is 8.46 Å². The van der Waals surface area contributed by atoms with Gasteiger partial charge in [0.15, 0.2) is 20.0 Å². The molecule has 0 radical (unpaired) electrons. The Morgan fingerprint density at radius 2 is 1.11 bits per heavy atom. The molecule has 2 rings (SSSR count). The van der Waals surface area contributed by atoms with Crippen molar-refractivity contribution in [2.24, 2.45) is 0 Å². The van der Waals surface area contributed by atoms with Gasteiger partial charge >= 0.3 is 0 Å². The van der Waals surface area contributed by atoms with Crippen molar-refractivity contribution in [1.29, 1.82) is 0 Å². The second-order valence-electron chi connectivity index (χ2n) is 15.1. The Hall–Kier alpha value is -1.04. The quantitative estimate of drug-likeness (QED) is 0.224. The maximum absolute atomic E-state index is 5.18. The number of aromatic amines is 1. The number of aryl methyl sites for hydroxylation is 2. The number of nitrogens with one attached hydrogen (secondary N) is 1. The van der Waals surface area contributed by atoms with Crippen molar-refractivity contribution in [3.05, 3.63) is 11.6 Å². The molecule has 0 aliphatic carbocycles. The topological polar surface area (TPSA) is 78.8 Å². The van der Waals surface area contributed by atoms with Gasteiger partial charge in [-0.2, -0.15) is 15.1 Å². The number of aromatic nitrogens is 6. The molecule has 0 atom stereocenters. The molecule has 2 heterocycles. The Morgan fingerprint density at radius 1 is 0.639 bits per heavy atom. The van der Waals surface area contributed by atoms with E-state index in [9.17, 15) is 0 Å². The molecular weight excluding hydrogens is 529 g/mol. The first-order valence-electron chi connectivity index (χ1n) is 13.5. The van der Waals surface area contributed by atoms with Crippen LogP contribution in [0.25, 0.3) is 0 Å².